The van der Waals surface area contributed by atoms with Crippen molar-refractivity contribution in [2.45, 2.75) is 20.0 Å². The van der Waals surface area contributed by atoms with Gasteiger partial charge in [-0.1, -0.05) is 30.3 Å². The molecule has 0 aliphatic carbocycles. The number of fused-ring (bicyclic) bond motifs is 2. The summed E-state index contributed by atoms with van der Waals surface area (Å²) in [7, 11) is 1.30. The fourth-order valence-electron chi connectivity index (χ4n) is 4.04. The van der Waals surface area contributed by atoms with E-state index in [0.717, 1.165) is 5.39 Å². The van der Waals surface area contributed by atoms with Gasteiger partial charge in [0.1, 0.15) is 5.58 Å². The van der Waals surface area contributed by atoms with E-state index in [2.05, 4.69) is 27.7 Å². The smallest absolute Gasteiger partial charge is 0.346 e. The van der Waals surface area contributed by atoms with Crippen LogP contribution in [0.2, 0.25) is 0 Å². The number of para-hydroxylation sites is 2. The van der Waals surface area contributed by atoms with Gasteiger partial charge < -0.3 is 18.6 Å². The summed E-state index contributed by atoms with van der Waals surface area (Å²) in [5.74, 6) is 1.04. The summed E-state index contributed by atoms with van der Waals surface area (Å²) in [5.41, 5.74) is 1.53. The lowest BCUT2D eigenvalue weighted by atomic mass is 10.2. The first-order valence-corrected chi connectivity index (χ1v) is 13.2. The van der Waals surface area contributed by atoms with Gasteiger partial charge in [0.15, 0.2) is 23.4 Å². The normalized spacial score (nSPS) is 12.2. The second kappa shape index (κ2) is 11.3. The third kappa shape index (κ3) is 5.37. The molecule has 5 aromatic rings. The molecule has 0 bridgehead atoms. The molecule has 39 heavy (non-hydrogen) atoms. The molecule has 1 atom stereocenters. The van der Waals surface area contributed by atoms with Gasteiger partial charge in [0, 0.05) is 5.39 Å². The molecule has 0 aliphatic heterocycles. The minimum atomic E-state index is -0.823. The molecule has 0 amide bonds. The molecule has 2 aromatic heterocycles. The van der Waals surface area contributed by atoms with Gasteiger partial charge >= 0.3 is 5.97 Å². The van der Waals surface area contributed by atoms with Gasteiger partial charge in [-0.2, -0.15) is 9.78 Å². The number of furan rings is 1. The molecular formula is C29H24IN3O6. The number of halogens is 1. The Bertz CT molecular complexity index is 1740. The Kier molecular flexibility index (Phi) is 7.64. The molecule has 0 saturated carbocycles. The molecule has 0 fully saturated rings. The van der Waals surface area contributed by atoms with E-state index in [1.54, 1.807) is 37.4 Å². The Balaban J connectivity index is 1.61. The highest BCUT2D eigenvalue weighted by atomic mass is 127. The number of ether oxygens (including phenoxy) is 3. The number of hydrogen-bond donors (Lipinski definition) is 0. The van der Waals surface area contributed by atoms with Crippen LogP contribution in [0.3, 0.4) is 0 Å². The first-order valence-electron chi connectivity index (χ1n) is 12.2. The summed E-state index contributed by atoms with van der Waals surface area (Å²) >= 11 is 2.10. The molecule has 0 unspecified atom stereocenters. The minimum Gasteiger partial charge on any atom is -0.490 e. The lowest BCUT2D eigenvalue weighted by Gasteiger charge is -2.17. The molecule has 10 heteroatoms. The number of benzene rings is 3. The fraction of sp³-hybridized carbons (Fsp3) is 0.172. The van der Waals surface area contributed by atoms with Gasteiger partial charge in [-0.15, -0.1) is 0 Å². The Morgan fingerprint density at radius 1 is 1.15 bits per heavy atom. The molecule has 198 valence electrons. The molecule has 9 nitrogen and oxygen atoms in total. The molecule has 0 N–H and O–H groups in total. The van der Waals surface area contributed by atoms with Crippen molar-refractivity contribution in [2.24, 2.45) is 5.10 Å². The van der Waals surface area contributed by atoms with Crippen molar-refractivity contribution >= 4 is 56.6 Å². The number of carbonyl (C=O) groups excluding carboxylic acids is 1. The summed E-state index contributed by atoms with van der Waals surface area (Å²) in [6.45, 7) is 3.83. The number of hydrogen-bond acceptors (Lipinski definition) is 8. The number of esters is 1. The summed E-state index contributed by atoms with van der Waals surface area (Å²) < 4.78 is 24.4. The van der Waals surface area contributed by atoms with Crippen LogP contribution in [0.25, 0.3) is 33.5 Å². The maximum atomic E-state index is 13.5. The average Bonchev–Trinajstić information content (AvgIpc) is 3.38. The Labute approximate surface area is 237 Å². The SMILES string of the molecule is CCOc1cc(C=Nn2c(-c3cc4ccccc4o3)nc3ccccc3c2=O)cc(I)c1O[C@H](C)C(=O)OC. The van der Waals surface area contributed by atoms with Crippen LogP contribution in [-0.4, -0.2) is 41.7 Å². The van der Waals surface area contributed by atoms with E-state index >= 15 is 0 Å². The summed E-state index contributed by atoms with van der Waals surface area (Å²) in [5, 5.41) is 5.85. The third-order valence-electron chi connectivity index (χ3n) is 5.88. The van der Waals surface area contributed by atoms with Crippen LogP contribution < -0.4 is 15.0 Å². The van der Waals surface area contributed by atoms with Gasteiger partial charge in [0.25, 0.3) is 5.56 Å². The van der Waals surface area contributed by atoms with Crippen LogP contribution in [0.15, 0.2) is 81.0 Å². The lowest BCUT2D eigenvalue weighted by Crippen LogP contribution is -2.25. The van der Waals surface area contributed by atoms with Gasteiger partial charge in [-0.05, 0) is 78.4 Å². The van der Waals surface area contributed by atoms with E-state index < -0.39 is 12.1 Å². The zero-order valence-corrected chi connectivity index (χ0v) is 23.5. The largest absolute Gasteiger partial charge is 0.490 e. The van der Waals surface area contributed by atoms with Crippen molar-refractivity contribution in [3.63, 3.8) is 0 Å². The number of aromatic nitrogens is 2. The standard InChI is InChI=1S/C29H24IN3O6/c1-4-37-24-14-18(13-21(30)26(24)38-17(2)29(35)36-3)16-31-33-27(25-15-19-9-5-8-12-23(19)39-25)32-22-11-7-6-10-20(22)28(33)34/h5-17H,4H2,1-3H3/t17-/m1/s1. The van der Waals surface area contributed by atoms with E-state index in [1.165, 1.54) is 11.8 Å². The van der Waals surface area contributed by atoms with E-state index in [9.17, 15) is 9.59 Å². The Morgan fingerprint density at radius 2 is 1.92 bits per heavy atom. The van der Waals surface area contributed by atoms with Gasteiger partial charge in [0.2, 0.25) is 5.82 Å². The maximum Gasteiger partial charge on any atom is 0.346 e. The second-order valence-corrected chi connectivity index (χ2v) is 9.67. The van der Waals surface area contributed by atoms with Gasteiger partial charge in [-0.3, -0.25) is 4.79 Å². The lowest BCUT2D eigenvalue weighted by molar-refractivity contribution is -0.148. The molecule has 0 saturated heterocycles. The molecule has 5 rings (SSSR count). The van der Waals surface area contributed by atoms with Crippen molar-refractivity contribution in [3.05, 3.63) is 86.2 Å². The van der Waals surface area contributed by atoms with Crippen LogP contribution >= 0.6 is 22.6 Å². The fourth-order valence-corrected chi connectivity index (χ4v) is 4.79. The predicted molar refractivity (Wildman–Crippen MR) is 157 cm³/mol. The number of rotatable bonds is 8. The molecule has 0 radical (unpaired) electrons. The number of nitrogens with zero attached hydrogens (tertiary/aromatic N) is 3. The monoisotopic (exact) mass is 637 g/mol. The van der Waals surface area contributed by atoms with Crippen LogP contribution in [-0.2, 0) is 9.53 Å². The molecule has 0 spiro atoms. The molecule has 2 heterocycles. The quantitative estimate of drug-likeness (QED) is 0.123. The van der Waals surface area contributed by atoms with Crippen LogP contribution in [0, 0.1) is 3.57 Å². The highest BCUT2D eigenvalue weighted by Crippen LogP contribution is 2.35. The van der Waals surface area contributed by atoms with Crippen LogP contribution in [0.4, 0.5) is 0 Å². The summed E-state index contributed by atoms with van der Waals surface area (Å²) in [4.78, 5) is 30.2. The minimum absolute atomic E-state index is 0.276. The van der Waals surface area contributed by atoms with E-state index in [1.807, 2.05) is 49.4 Å². The second-order valence-electron chi connectivity index (χ2n) is 8.51. The molecule has 3 aromatic carbocycles. The first kappa shape index (κ1) is 26.4. The summed E-state index contributed by atoms with van der Waals surface area (Å²) in [6.07, 6.45) is 0.721. The summed E-state index contributed by atoms with van der Waals surface area (Å²) in [6, 6.07) is 20.1. The van der Waals surface area contributed by atoms with Gasteiger partial charge in [0.05, 0.1) is 34.4 Å². The average molecular weight is 637 g/mol. The zero-order valence-electron chi connectivity index (χ0n) is 21.4. The highest BCUT2D eigenvalue weighted by Gasteiger charge is 2.21. The number of methoxy groups -OCH3 is 1. The van der Waals surface area contributed by atoms with Gasteiger partial charge in [-0.25, -0.2) is 9.78 Å². The van der Waals surface area contributed by atoms with E-state index in [4.69, 9.17) is 23.6 Å². The molecular weight excluding hydrogens is 613 g/mol. The van der Waals surface area contributed by atoms with Crippen molar-refractivity contribution in [1.82, 2.24) is 9.66 Å². The topological polar surface area (TPSA) is 105 Å². The first-order chi connectivity index (χ1) is 18.9. The van der Waals surface area contributed by atoms with Crippen LogP contribution in [0.1, 0.15) is 19.4 Å². The Hall–Kier alpha value is -4.19. The Morgan fingerprint density at radius 3 is 2.69 bits per heavy atom. The van der Waals surface area contributed by atoms with Crippen molar-refractivity contribution in [1.29, 1.82) is 0 Å². The van der Waals surface area contributed by atoms with Crippen LogP contribution in [0.5, 0.6) is 11.5 Å². The van der Waals surface area contributed by atoms with Crippen molar-refractivity contribution < 1.29 is 23.4 Å². The zero-order chi connectivity index (χ0) is 27.5. The highest BCUT2D eigenvalue weighted by molar-refractivity contribution is 14.1. The van der Waals surface area contributed by atoms with E-state index in [-0.39, 0.29) is 11.4 Å². The predicted octanol–water partition coefficient (Wildman–Crippen LogP) is 5.64. The maximum absolute atomic E-state index is 13.5. The van der Waals surface area contributed by atoms with Crippen molar-refractivity contribution in [2.75, 3.05) is 13.7 Å². The van der Waals surface area contributed by atoms with E-state index in [0.29, 0.717) is 49.5 Å². The third-order valence-corrected chi connectivity index (χ3v) is 6.68. The molecule has 0 aliphatic rings. The van der Waals surface area contributed by atoms with Crippen molar-refractivity contribution in [3.8, 4) is 23.1 Å². The number of carbonyl (C=O) groups is 1.